The van der Waals surface area contributed by atoms with Crippen molar-refractivity contribution in [3.05, 3.63) is 35.6 Å². The van der Waals surface area contributed by atoms with E-state index in [0.717, 1.165) is 18.4 Å². The number of benzene rings is 1. The zero-order valence-electron chi connectivity index (χ0n) is 12.3. The summed E-state index contributed by atoms with van der Waals surface area (Å²) in [4.78, 5) is 11.4. The maximum atomic E-state index is 13.1. The van der Waals surface area contributed by atoms with Crippen LogP contribution in [0.1, 0.15) is 38.2 Å². The number of carboxylic acid groups (broad SMARTS) is 1. The van der Waals surface area contributed by atoms with Gasteiger partial charge in [-0.2, -0.15) is 0 Å². The van der Waals surface area contributed by atoms with Crippen LogP contribution < -0.4 is 5.73 Å². The molecule has 0 spiro atoms. The molecule has 0 amide bonds. The summed E-state index contributed by atoms with van der Waals surface area (Å²) in [6.07, 6.45) is 1.66. The van der Waals surface area contributed by atoms with Crippen molar-refractivity contribution in [3.8, 4) is 0 Å². The van der Waals surface area contributed by atoms with Gasteiger partial charge in [0.15, 0.2) is 0 Å². The number of hydrogen-bond acceptors (Lipinski definition) is 3. The van der Waals surface area contributed by atoms with Gasteiger partial charge in [0.25, 0.3) is 0 Å². The molecule has 1 saturated heterocycles. The molecule has 1 aromatic carbocycles. The Morgan fingerprint density at radius 3 is 2.29 bits per heavy atom. The summed E-state index contributed by atoms with van der Waals surface area (Å²) in [6.45, 7) is 3.97. The Morgan fingerprint density at radius 1 is 1.29 bits per heavy atom. The molecule has 21 heavy (non-hydrogen) atoms. The van der Waals surface area contributed by atoms with Crippen LogP contribution in [0.4, 0.5) is 4.39 Å². The third-order valence-electron chi connectivity index (χ3n) is 4.17. The first kappa shape index (κ1) is 15.9. The number of halogens is 1. The Labute approximate surface area is 124 Å². The zero-order chi connectivity index (χ0) is 15.6. The third-order valence-corrected chi connectivity index (χ3v) is 4.17. The molecule has 1 aliphatic rings. The van der Waals surface area contributed by atoms with E-state index in [-0.39, 0.29) is 29.9 Å². The van der Waals surface area contributed by atoms with Gasteiger partial charge in [-0.3, -0.25) is 4.79 Å². The van der Waals surface area contributed by atoms with Crippen molar-refractivity contribution in [3.63, 3.8) is 0 Å². The van der Waals surface area contributed by atoms with Crippen LogP contribution in [0.15, 0.2) is 24.3 Å². The van der Waals surface area contributed by atoms with Gasteiger partial charge < -0.3 is 15.6 Å². The molecular formula is C16H22FNO3. The van der Waals surface area contributed by atoms with Gasteiger partial charge in [-0.05, 0) is 50.3 Å². The fourth-order valence-electron chi connectivity index (χ4n) is 3.36. The lowest BCUT2D eigenvalue weighted by molar-refractivity contribution is -0.140. The minimum absolute atomic E-state index is 0.0719. The number of carbonyl (C=O) groups is 1. The molecule has 5 atom stereocenters. The van der Waals surface area contributed by atoms with Gasteiger partial charge in [-0.1, -0.05) is 12.1 Å². The summed E-state index contributed by atoms with van der Waals surface area (Å²) in [6, 6.07) is 4.96. The Bertz CT molecular complexity index is 481. The average molecular weight is 295 g/mol. The van der Waals surface area contributed by atoms with Crippen LogP contribution in [0.5, 0.6) is 0 Å². The molecule has 0 unspecified atom stereocenters. The van der Waals surface area contributed by atoms with E-state index in [1.807, 2.05) is 13.8 Å². The Hall–Kier alpha value is -1.46. The lowest BCUT2D eigenvalue weighted by Crippen LogP contribution is -2.43. The quantitative estimate of drug-likeness (QED) is 0.895. The summed E-state index contributed by atoms with van der Waals surface area (Å²) in [5, 5.41) is 9.30. The molecule has 1 fully saturated rings. The minimum Gasteiger partial charge on any atom is -0.480 e. The standard InChI is InChI=1S/C16H22FNO3/c1-9-7-12(8-10(2)21-9)14(15(18)16(19)20)11-3-5-13(17)6-4-11/h3-6,9-10,12,14-15H,7-8,18H2,1-2H3,(H,19,20)/t9-,10+,12+,14-,15-/m0/s1. The molecule has 1 aromatic rings. The second kappa shape index (κ2) is 6.54. The van der Waals surface area contributed by atoms with Crippen LogP contribution in [-0.2, 0) is 9.53 Å². The van der Waals surface area contributed by atoms with E-state index in [9.17, 15) is 14.3 Å². The topological polar surface area (TPSA) is 72.6 Å². The molecule has 1 aliphatic heterocycles. The third kappa shape index (κ3) is 3.80. The van der Waals surface area contributed by atoms with Crippen molar-refractivity contribution in [2.75, 3.05) is 0 Å². The molecule has 0 saturated carbocycles. The van der Waals surface area contributed by atoms with E-state index in [2.05, 4.69) is 0 Å². The molecule has 5 heteroatoms. The lowest BCUT2D eigenvalue weighted by Gasteiger charge is -2.38. The Morgan fingerprint density at radius 2 is 1.81 bits per heavy atom. The molecule has 0 radical (unpaired) electrons. The fraction of sp³-hybridized carbons (Fsp3) is 0.562. The Balaban J connectivity index is 2.31. The van der Waals surface area contributed by atoms with Crippen LogP contribution in [0.2, 0.25) is 0 Å². The van der Waals surface area contributed by atoms with Crippen molar-refractivity contribution in [2.45, 2.75) is 50.9 Å². The maximum Gasteiger partial charge on any atom is 0.321 e. The normalized spacial score (nSPS) is 28.9. The first-order valence-corrected chi connectivity index (χ1v) is 7.27. The van der Waals surface area contributed by atoms with Gasteiger partial charge in [0.1, 0.15) is 11.9 Å². The highest BCUT2D eigenvalue weighted by molar-refractivity contribution is 5.74. The van der Waals surface area contributed by atoms with Crippen molar-refractivity contribution in [1.29, 1.82) is 0 Å². The molecule has 1 heterocycles. The van der Waals surface area contributed by atoms with Gasteiger partial charge in [0.2, 0.25) is 0 Å². The highest BCUT2D eigenvalue weighted by atomic mass is 19.1. The molecule has 116 valence electrons. The predicted molar refractivity (Wildman–Crippen MR) is 77.5 cm³/mol. The molecule has 0 bridgehead atoms. The lowest BCUT2D eigenvalue weighted by atomic mass is 9.74. The van der Waals surface area contributed by atoms with Gasteiger partial charge in [0, 0.05) is 5.92 Å². The van der Waals surface area contributed by atoms with Gasteiger partial charge in [0.05, 0.1) is 12.2 Å². The molecule has 0 aliphatic carbocycles. The summed E-state index contributed by atoms with van der Waals surface area (Å²) < 4.78 is 18.8. The highest BCUT2D eigenvalue weighted by Crippen LogP contribution is 2.38. The van der Waals surface area contributed by atoms with Crippen molar-refractivity contribution in [1.82, 2.24) is 0 Å². The van der Waals surface area contributed by atoms with Crippen LogP contribution in [0.25, 0.3) is 0 Å². The largest absolute Gasteiger partial charge is 0.480 e. The van der Waals surface area contributed by atoms with Crippen LogP contribution in [0.3, 0.4) is 0 Å². The van der Waals surface area contributed by atoms with E-state index >= 15 is 0 Å². The second-order valence-electron chi connectivity index (χ2n) is 5.93. The number of ether oxygens (including phenoxy) is 1. The first-order valence-electron chi connectivity index (χ1n) is 7.27. The summed E-state index contributed by atoms with van der Waals surface area (Å²) in [5.74, 6) is -1.59. The second-order valence-corrected chi connectivity index (χ2v) is 5.93. The molecule has 4 nitrogen and oxygen atoms in total. The summed E-state index contributed by atoms with van der Waals surface area (Å²) >= 11 is 0. The Kier molecular flexibility index (Phi) is 4.96. The SMILES string of the molecule is C[C@@H]1C[C@H]([C@H](c2ccc(F)cc2)[C@H](N)C(=O)O)C[C@H](C)O1. The smallest absolute Gasteiger partial charge is 0.321 e. The first-order chi connectivity index (χ1) is 9.88. The van der Waals surface area contributed by atoms with E-state index < -0.39 is 12.0 Å². The van der Waals surface area contributed by atoms with Gasteiger partial charge in [-0.15, -0.1) is 0 Å². The molecule has 3 N–H and O–H groups in total. The van der Waals surface area contributed by atoms with Crippen molar-refractivity contribution < 1.29 is 19.0 Å². The zero-order valence-corrected chi connectivity index (χ0v) is 12.3. The van der Waals surface area contributed by atoms with E-state index in [0.29, 0.717) is 0 Å². The van der Waals surface area contributed by atoms with Crippen LogP contribution in [0, 0.1) is 11.7 Å². The minimum atomic E-state index is -1.03. The van der Waals surface area contributed by atoms with Crippen molar-refractivity contribution >= 4 is 5.97 Å². The van der Waals surface area contributed by atoms with Gasteiger partial charge >= 0.3 is 5.97 Å². The van der Waals surface area contributed by atoms with Crippen LogP contribution >= 0.6 is 0 Å². The molecular weight excluding hydrogens is 273 g/mol. The predicted octanol–water partition coefficient (Wildman–Crippen LogP) is 2.52. The van der Waals surface area contributed by atoms with Crippen LogP contribution in [-0.4, -0.2) is 29.3 Å². The fourth-order valence-corrected chi connectivity index (χ4v) is 3.36. The molecule has 0 aromatic heterocycles. The average Bonchev–Trinajstić information content (AvgIpc) is 2.40. The number of aliphatic carboxylic acids is 1. The molecule has 2 rings (SSSR count). The van der Waals surface area contributed by atoms with E-state index in [1.54, 1.807) is 12.1 Å². The number of nitrogens with two attached hydrogens (primary N) is 1. The number of rotatable bonds is 4. The number of hydrogen-bond donors (Lipinski definition) is 2. The van der Waals surface area contributed by atoms with E-state index in [1.165, 1.54) is 12.1 Å². The maximum absolute atomic E-state index is 13.1. The van der Waals surface area contributed by atoms with Gasteiger partial charge in [-0.25, -0.2) is 4.39 Å². The van der Waals surface area contributed by atoms with E-state index in [4.69, 9.17) is 10.5 Å². The monoisotopic (exact) mass is 295 g/mol. The summed E-state index contributed by atoms with van der Waals surface area (Å²) in [7, 11) is 0. The highest BCUT2D eigenvalue weighted by Gasteiger charge is 2.37. The summed E-state index contributed by atoms with van der Waals surface area (Å²) in [5.41, 5.74) is 6.69. The number of carboxylic acids is 1. The van der Waals surface area contributed by atoms with Crippen molar-refractivity contribution in [2.24, 2.45) is 11.7 Å².